The van der Waals surface area contributed by atoms with Crippen molar-refractivity contribution in [1.82, 2.24) is 9.21 Å². The molecule has 0 saturated carbocycles. The maximum absolute atomic E-state index is 13.1. The number of aryl methyl sites for hydroxylation is 1. The molecule has 3 rings (SSSR count). The summed E-state index contributed by atoms with van der Waals surface area (Å²) in [5.41, 5.74) is 2.86. The lowest BCUT2D eigenvalue weighted by molar-refractivity contribution is -0.125. The molecule has 2 aromatic rings. The zero-order valence-electron chi connectivity index (χ0n) is 18.4. The minimum atomic E-state index is -3.65. The molecule has 0 aliphatic carbocycles. The Bertz CT molecular complexity index is 1040. The standard InChI is InChI=1S/C24H30N2O4S/c1-19-7-9-21(10-8-19)18-25(2)24(27)14-12-20-11-13-22(30-3)23(17-20)31(28,29)26-15-5-4-6-16-26/h7-14,17H,4-6,15-16,18H2,1-3H3. The number of hydrogen-bond donors (Lipinski definition) is 0. The zero-order valence-corrected chi connectivity index (χ0v) is 19.2. The smallest absolute Gasteiger partial charge is 0.246 e. The fraction of sp³-hybridized carbons (Fsp3) is 0.375. The average Bonchev–Trinajstić information content (AvgIpc) is 2.79. The molecule has 31 heavy (non-hydrogen) atoms. The Morgan fingerprint density at radius 1 is 1.10 bits per heavy atom. The second-order valence-electron chi connectivity index (χ2n) is 7.89. The SMILES string of the molecule is COc1ccc(C=CC(=O)N(C)Cc2ccc(C)cc2)cc1S(=O)(=O)N1CCCCC1. The average molecular weight is 443 g/mol. The zero-order chi connectivity index (χ0) is 22.4. The van der Waals surface area contributed by atoms with E-state index in [1.54, 1.807) is 36.2 Å². The quantitative estimate of drug-likeness (QED) is 0.611. The van der Waals surface area contributed by atoms with Gasteiger partial charge in [-0.05, 0) is 49.1 Å². The topological polar surface area (TPSA) is 66.9 Å². The number of piperidine rings is 1. The van der Waals surface area contributed by atoms with Gasteiger partial charge in [-0.3, -0.25) is 4.79 Å². The Morgan fingerprint density at radius 2 is 1.77 bits per heavy atom. The third-order valence-electron chi connectivity index (χ3n) is 5.46. The van der Waals surface area contributed by atoms with Crippen LogP contribution >= 0.6 is 0 Å². The number of nitrogens with zero attached hydrogens (tertiary/aromatic N) is 2. The van der Waals surface area contributed by atoms with Gasteiger partial charge in [0, 0.05) is 32.8 Å². The predicted molar refractivity (Wildman–Crippen MR) is 122 cm³/mol. The molecule has 2 aromatic carbocycles. The molecular weight excluding hydrogens is 412 g/mol. The molecule has 0 atom stereocenters. The van der Waals surface area contributed by atoms with Gasteiger partial charge in [0.05, 0.1) is 7.11 Å². The highest BCUT2D eigenvalue weighted by Gasteiger charge is 2.29. The van der Waals surface area contributed by atoms with Crippen molar-refractivity contribution in [2.75, 3.05) is 27.2 Å². The van der Waals surface area contributed by atoms with Crippen LogP contribution in [0.2, 0.25) is 0 Å². The van der Waals surface area contributed by atoms with E-state index < -0.39 is 10.0 Å². The summed E-state index contributed by atoms with van der Waals surface area (Å²) in [7, 11) is -0.443. The number of methoxy groups -OCH3 is 1. The number of rotatable bonds is 7. The van der Waals surface area contributed by atoms with Crippen LogP contribution in [0.3, 0.4) is 0 Å². The molecule has 0 spiro atoms. The minimum Gasteiger partial charge on any atom is -0.495 e. The van der Waals surface area contributed by atoms with Crippen molar-refractivity contribution >= 4 is 22.0 Å². The Morgan fingerprint density at radius 3 is 2.42 bits per heavy atom. The van der Waals surface area contributed by atoms with E-state index in [0.29, 0.717) is 30.9 Å². The van der Waals surface area contributed by atoms with Crippen LogP contribution in [0.25, 0.3) is 6.08 Å². The van der Waals surface area contributed by atoms with Gasteiger partial charge in [-0.25, -0.2) is 8.42 Å². The van der Waals surface area contributed by atoms with Crippen LogP contribution < -0.4 is 4.74 Å². The van der Waals surface area contributed by atoms with Gasteiger partial charge in [0.1, 0.15) is 10.6 Å². The van der Waals surface area contributed by atoms with E-state index in [1.165, 1.54) is 23.1 Å². The molecule has 0 radical (unpaired) electrons. The van der Waals surface area contributed by atoms with Gasteiger partial charge in [0.15, 0.2) is 0 Å². The summed E-state index contributed by atoms with van der Waals surface area (Å²) in [5, 5.41) is 0. The van der Waals surface area contributed by atoms with Crippen LogP contribution in [-0.4, -0.2) is 50.8 Å². The predicted octanol–water partition coefficient (Wildman–Crippen LogP) is 3.85. The van der Waals surface area contributed by atoms with Crippen molar-refractivity contribution in [2.24, 2.45) is 0 Å². The molecule has 166 valence electrons. The molecule has 6 nitrogen and oxygen atoms in total. The normalized spacial score (nSPS) is 15.2. The molecule has 0 unspecified atom stereocenters. The maximum atomic E-state index is 13.1. The first kappa shape index (κ1) is 23.0. The van der Waals surface area contributed by atoms with E-state index in [4.69, 9.17) is 4.74 Å². The molecule has 1 saturated heterocycles. The van der Waals surface area contributed by atoms with Crippen molar-refractivity contribution in [3.05, 3.63) is 65.2 Å². The first-order valence-electron chi connectivity index (χ1n) is 10.5. The Labute approximate surface area is 185 Å². The number of carbonyl (C=O) groups is 1. The van der Waals surface area contributed by atoms with E-state index in [2.05, 4.69) is 0 Å². The number of benzene rings is 2. The summed E-state index contributed by atoms with van der Waals surface area (Å²) in [5.74, 6) is 0.155. The second kappa shape index (κ2) is 10.1. The molecule has 1 aliphatic rings. The Kier molecular flexibility index (Phi) is 7.51. The number of sulfonamides is 1. The molecular formula is C24H30N2O4S. The summed E-state index contributed by atoms with van der Waals surface area (Å²) in [4.78, 5) is 14.3. The first-order valence-corrected chi connectivity index (χ1v) is 11.9. The van der Waals surface area contributed by atoms with Gasteiger partial charge < -0.3 is 9.64 Å². The molecule has 1 amide bonds. The monoisotopic (exact) mass is 442 g/mol. The van der Waals surface area contributed by atoms with Crippen LogP contribution in [0.4, 0.5) is 0 Å². The van der Waals surface area contributed by atoms with Gasteiger partial charge in [0.25, 0.3) is 0 Å². The molecule has 1 heterocycles. The summed E-state index contributed by atoms with van der Waals surface area (Å²) in [6.45, 7) is 3.57. The second-order valence-corrected chi connectivity index (χ2v) is 9.79. The van der Waals surface area contributed by atoms with Crippen molar-refractivity contribution in [3.63, 3.8) is 0 Å². The van der Waals surface area contributed by atoms with E-state index in [9.17, 15) is 13.2 Å². The molecule has 0 bridgehead atoms. The number of ether oxygens (including phenoxy) is 1. The first-order chi connectivity index (χ1) is 14.8. The highest BCUT2D eigenvalue weighted by Crippen LogP contribution is 2.30. The number of hydrogen-bond acceptors (Lipinski definition) is 4. The van der Waals surface area contributed by atoms with Gasteiger partial charge in [0.2, 0.25) is 15.9 Å². The van der Waals surface area contributed by atoms with E-state index >= 15 is 0 Å². The highest BCUT2D eigenvalue weighted by atomic mass is 32.2. The van der Waals surface area contributed by atoms with Gasteiger partial charge in [-0.2, -0.15) is 4.31 Å². The van der Waals surface area contributed by atoms with Gasteiger partial charge in [-0.1, -0.05) is 42.3 Å². The fourth-order valence-corrected chi connectivity index (χ4v) is 5.29. The number of carbonyl (C=O) groups excluding carboxylic acids is 1. The lowest BCUT2D eigenvalue weighted by atomic mass is 10.1. The van der Waals surface area contributed by atoms with Crippen molar-refractivity contribution < 1.29 is 17.9 Å². The Hall–Kier alpha value is -2.64. The van der Waals surface area contributed by atoms with E-state index in [1.807, 2.05) is 31.2 Å². The minimum absolute atomic E-state index is 0.138. The summed E-state index contributed by atoms with van der Waals surface area (Å²) in [6.07, 6.45) is 5.88. The molecule has 0 N–H and O–H groups in total. The number of amides is 1. The molecule has 1 aliphatic heterocycles. The van der Waals surface area contributed by atoms with Gasteiger partial charge >= 0.3 is 0 Å². The molecule has 0 aromatic heterocycles. The lowest BCUT2D eigenvalue weighted by Crippen LogP contribution is -2.35. The van der Waals surface area contributed by atoms with E-state index in [0.717, 1.165) is 24.8 Å². The molecule has 1 fully saturated rings. The highest BCUT2D eigenvalue weighted by molar-refractivity contribution is 7.89. The largest absolute Gasteiger partial charge is 0.495 e. The van der Waals surface area contributed by atoms with Crippen LogP contribution in [0.1, 0.15) is 36.0 Å². The maximum Gasteiger partial charge on any atom is 0.246 e. The summed E-state index contributed by atoms with van der Waals surface area (Å²) >= 11 is 0. The fourth-order valence-electron chi connectivity index (χ4n) is 3.58. The number of likely N-dealkylation sites (N-methyl/N-ethyl adjacent to an activating group) is 1. The van der Waals surface area contributed by atoms with E-state index in [-0.39, 0.29) is 10.8 Å². The van der Waals surface area contributed by atoms with Crippen molar-refractivity contribution in [1.29, 1.82) is 0 Å². The van der Waals surface area contributed by atoms with Gasteiger partial charge in [-0.15, -0.1) is 0 Å². The van der Waals surface area contributed by atoms with Crippen LogP contribution in [0.5, 0.6) is 5.75 Å². The third kappa shape index (κ3) is 5.74. The van der Waals surface area contributed by atoms with Crippen LogP contribution in [0, 0.1) is 6.92 Å². The lowest BCUT2D eigenvalue weighted by Gasteiger charge is -2.26. The van der Waals surface area contributed by atoms with Crippen LogP contribution in [0.15, 0.2) is 53.4 Å². The van der Waals surface area contributed by atoms with Crippen molar-refractivity contribution in [2.45, 2.75) is 37.6 Å². The molecule has 7 heteroatoms. The third-order valence-corrected chi connectivity index (χ3v) is 7.38. The Balaban J connectivity index is 1.76. The van der Waals surface area contributed by atoms with Crippen LogP contribution in [-0.2, 0) is 21.4 Å². The summed E-state index contributed by atoms with van der Waals surface area (Å²) < 4.78 is 33.1. The van der Waals surface area contributed by atoms with Crippen molar-refractivity contribution in [3.8, 4) is 5.75 Å². The summed E-state index contributed by atoms with van der Waals surface area (Å²) in [6, 6.07) is 13.0.